The quantitative estimate of drug-likeness (QED) is 0.727. The number of hydrogen-bond donors (Lipinski definition) is 2. The predicted octanol–water partition coefficient (Wildman–Crippen LogP) is 3.04. The second-order valence-electron chi connectivity index (χ2n) is 5.93. The summed E-state index contributed by atoms with van der Waals surface area (Å²) in [5.41, 5.74) is 0. The standard InChI is InChI=1S/C14H27NO2/c1-10(2)15-13(14(16)17)9-12-6-4-5-11(3)7-8-12/h10-13,15H,4-9H2,1-3H3,(H,16,17). The Hall–Kier alpha value is -0.570. The fourth-order valence-electron chi connectivity index (χ4n) is 2.78. The molecule has 3 unspecified atom stereocenters. The van der Waals surface area contributed by atoms with Gasteiger partial charge in [-0.25, -0.2) is 0 Å². The summed E-state index contributed by atoms with van der Waals surface area (Å²) >= 11 is 0. The maximum Gasteiger partial charge on any atom is 0.320 e. The van der Waals surface area contributed by atoms with E-state index in [0.29, 0.717) is 5.92 Å². The summed E-state index contributed by atoms with van der Waals surface area (Å²) in [6, 6.07) is -0.130. The first kappa shape index (κ1) is 14.5. The number of carboxylic acid groups (broad SMARTS) is 1. The zero-order valence-corrected chi connectivity index (χ0v) is 11.4. The highest BCUT2D eigenvalue weighted by Crippen LogP contribution is 2.29. The Balaban J connectivity index is 2.45. The smallest absolute Gasteiger partial charge is 0.320 e. The van der Waals surface area contributed by atoms with E-state index in [1.165, 1.54) is 32.1 Å². The van der Waals surface area contributed by atoms with Gasteiger partial charge in [0.15, 0.2) is 0 Å². The molecule has 0 radical (unpaired) electrons. The van der Waals surface area contributed by atoms with E-state index in [2.05, 4.69) is 12.2 Å². The van der Waals surface area contributed by atoms with Crippen molar-refractivity contribution in [1.82, 2.24) is 5.32 Å². The molecule has 1 aliphatic rings. The summed E-state index contributed by atoms with van der Waals surface area (Å²) in [5, 5.41) is 12.4. The molecule has 0 saturated heterocycles. The summed E-state index contributed by atoms with van der Waals surface area (Å²) in [6.07, 6.45) is 7.03. The van der Waals surface area contributed by atoms with E-state index in [0.717, 1.165) is 12.3 Å². The van der Waals surface area contributed by atoms with Crippen LogP contribution in [0.25, 0.3) is 0 Å². The van der Waals surface area contributed by atoms with Gasteiger partial charge in [-0.3, -0.25) is 4.79 Å². The fraction of sp³-hybridized carbons (Fsp3) is 0.929. The van der Waals surface area contributed by atoms with Crippen molar-refractivity contribution in [2.75, 3.05) is 0 Å². The van der Waals surface area contributed by atoms with Crippen LogP contribution in [-0.4, -0.2) is 23.2 Å². The van der Waals surface area contributed by atoms with Gasteiger partial charge in [0, 0.05) is 6.04 Å². The second-order valence-corrected chi connectivity index (χ2v) is 5.93. The summed E-state index contributed by atoms with van der Waals surface area (Å²) < 4.78 is 0. The molecule has 3 nitrogen and oxygen atoms in total. The topological polar surface area (TPSA) is 49.3 Å². The van der Waals surface area contributed by atoms with Crippen LogP contribution in [0.5, 0.6) is 0 Å². The van der Waals surface area contributed by atoms with Crippen molar-refractivity contribution in [1.29, 1.82) is 0 Å². The van der Waals surface area contributed by atoms with Gasteiger partial charge in [0.05, 0.1) is 0 Å². The molecule has 1 aliphatic carbocycles. The van der Waals surface area contributed by atoms with Crippen molar-refractivity contribution in [3.05, 3.63) is 0 Å². The molecule has 0 spiro atoms. The average Bonchev–Trinajstić information content (AvgIpc) is 2.42. The minimum absolute atomic E-state index is 0.237. The molecule has 1 rings (SSSR count). The molecule has 3 heteroatoms. The van der Waals surface area contributed by atoms with Crippen LogP contribution in [0, 0.1) is 11.8 Å². The molecule has 0 aromatic carbocycles. The van der Waals surface area contributed by atoms with Crippen LogP contribution in [0.3, 0.4) is 0 Å². The molecule has 100 valence electrons. The molecule has 0 aromatic rings. The number of carbonyl (C=O) groups is 1. The molecule has 0 heterocycles. The minimum Gasteiger partial charge on any atom is -0.480 e. The van der Waals surface area contributed by atoms with Crippen LogP contribution < -0.4 is 5.32 Å². The van der Waals surface area contributed by atoms with Crippen molar-refractivity contribution in [3.8, 4) is 0 Å². The maximum atomic E-state index is 11.2. The highest BCUT2D eigenvalue weighted by Gasteiger charge is 2.24. The van der Waals surface area contributed by atoms with E-state index in [4.69, 9.17) is 0 Å². The first-order valence-electron chi connectivity index (χ1n) is 6.98. The van der Waals surface area contributed by atoms with E-state index in [1.807, 2.05) is 13.8 Å². The number of hydrogen-bond acceptors (Lipinski definition) is 2. The summed E-state index contributed by atoms with van der Waals surface area (Å²) in [7, 11) is 0. The summed E-state index contributed by atoms with van der Waals surface area (Å²) in [6.45, 7) is 6.32. The van der Waals surface area contributed by atoms with Crippen molar-refractivity contribution < 1.29 is 9.90 Å². The molecule has 1 fully saturated rings. The monoisotopic (exact) mass is 241 g/mol. The molecule has 3 atom stereocenters. The number of carboxylic acids is 1. The van der Waals surface area contributed by atoms with Crippen molar-refractivity contribution >= 4 is 5.97 Å². The lowest BCUT2D eigenvalue weighted by Crippen LogP contribution is -2.42. The molecule has 0 bridgehead atoms. The number of nitrogens with one attached hydrogen (secondary N) is 1. The van der Waals surface area contributed by atoms with E-state index in [1.54, 1.807) is 0 Å². The Kier molecular flexibility index (Phi) is 5.96. The first-order valence-corrected chi connectivity index (χ1v) is 6.98. The fourth-order valence-corrected chi connectivity index (χ4v) is 2.78. The van der Waals surface area contributed by atoms with Crippen molar-refractivity contribution in [3.63, 3.8) is 0 Å². The Bertz CT molecular complexity index is 240. The zero-order valence-electron chi connectivity index (χ0n) is 11.4. The van der Waals surface area contributed by atoms with E-state index >= 15 is 0 Å². The van der Waals surface area contributed by atoms with Crippen LogP contribution in [0.15, 0.2) is 0 Å². The van der Waals surface area contributed by atoms with Crippen LogP contribution in [-0.2, 0) is 4.79 Å². The highest BCUT2D eigenvalue weighted by atomic mass is 16.4. The van der Waals surface area contributed by atoms with Gasteiger partial charge in [0.2, 0.25) is 0 Å². The normalized spacial score (nSPS) is 27.8. The van der Waals surface area contributed by atoms with Gasteiger partial charge in [-0.05, 0) is 18.3 Å². The zero-order chi connectivity index (χ0) is 12.8. The molecule has 1 saturated carbocycles. The Morgan fingerprint density at radius 1 is 1.29 bits per heavy atom. The van der Waals surface area contributed by atoms with E-state index in [9.17, 15) is 9.90 Å². The highest BCUT2D eigenvalue weighted by molar-refractivity contribution is 5.73. The largest absolute Gasteiger partial charge is 0.480 e. The third-order valence-corrected chi connectivity index (χ3v) is 3.78. The third-order valence-electron chi connectivity index (χ3n) is 3.78. The van der Waals surface area contributed by atoms with Crippen LogP contribution in [0.4, 0.5) is 0 Å². The lowest BCUT2D eigenvalue weighted by atomic mass is 9.92. The van der Waals surface area contributed by atoms with Gasteiger partial charge in [0.1, 0.15) is 6.04 Å². The minimum atomic E-state index is -0.698. The van der Waals surface area contributed by atoms with Gasteiger partial charge in [0.25, 0.3) is 0 Å². The molecule has 0 aromatic heterocycles. The van der Waals surface area contributed by atoms with E-state index < -0.39 is 5.97 Å². The van der Waals surface area contributed by atoms with E-state index in [-0.39, 0.29) is 12.1 Å². The Labute approximate surface area is 105 Å². The average molecular weight is 241 g/mol. The third kappa shape index (κ3) is 5.53. The molecule has 17 heavy (non-hydrogen) atoms. The molecule has 0 amide bonds. The van der Waals surface area contributed by atoms with Crippen LogP contribution in [0.1, 0.15) is 59.3 Å². The van der Waals surface area contributed by atoms with Gasteiger partial charge in [-0.15, -0.1) is 0 Å². The summed E-state index contributed by atoms with van der Waals surface area (Å²) in [4.78, 5) is 11.2. The summed E-state index contributed by atoms with van der Waals surface area (Å²) in [5.74, 6) is 0.713. The molecular formula is C14H27NO2. The number of aliphatic carboxylic acids is 1. The number of rotatable bonds is 5. The SMILES string of the molecule is CC1CCCC(CC(NC(C)C)C(=O)O)CC1. The van der Waals surface area contributed by atoms with Gasteiger partial charge >= 0.3 is 5.97 Å². The molecular weight excluding hydrogens is 214 g/mol. The maximum absolute atomic E-state index is 11.2. The first-order chi connectivity index (χ1) is 7.99. The lowest BCUT2D eigenvalue weighted by molar-refractivity contribution is -0.140. The van der Waals surface area contributed by atoms with Crippen molar-refractivity contribution in [2.24, 2.45) is 11.8 Å². The van der Waals surface area contributed by atoms with Gasteiger partial charge < -0.3 is 10.4 Å². The Morgan fingerprint density at radius 3 is 2.59 bits per heavy atom. The second kappa shape index (κ2) is 7.00. The Morgan fingerprint density at radius 2 is 2.00 bits per heavy atom. The van der Waals surface area contributed by atoms with Crippen LogP contribution in [0.2, 0.25) is 0 Å². The van der Waals surface area contributed by atoms with Gasteiger partial charge in [-0.1, -0.05) is 52.9 Å². The van der Waals surface area contributed by atoms with Crippen molar-refractivity contribution in [2.45, 2.75) is 71.4 Å². The molecule has 2 N–H and O–H groups in total. The lowest BCUT2D eigenvalue weighted by Gasteiger charge is -2.22. The van der Waals surface area contributed by atoms with Crippen LogP contribution >= 0.6 is 0 Å². The predicted molar refractivity (Wildman–Crippen MR) is 70.1 cm³/mol. The van der Waals surface area contributed by atoms with Gasteiger partial charge in [-0.2, -0.15) is 0 Å². The molecule has 0 aliphatic heterocycles.